The molecule has 2 N–H and O–H groups in total. The van der Waals surface area contributed by atoms with E-state index < -0.39 is 18.1 Å². The van der Waals surface area contributed by atoms with E-state index in [1.54, 1.807) is 29.8 Å². The minimum absolute atomic E-state index is 0.294. The third-order valence-corrected chi connectivity index (χ3v) is 5.21. The molecule has 1 aliphatic heterocycles. The highest BCUT2D eigenvalue weighted by molar-refractivity contribution is 7.09. The lowest BCUT2D eigenvalue weighted by Crippen LogP contribution is -2.31. The molecule has 31 heavy (non-hydrogen) atoms. The zero-order valence-electron chi connectivity index (χ0n) is 15.8. The lowest BCUT2D eigenvalue weighted by Gasteiger charge is -2.29. The van der Waals surface area contributed by atoms with Gasteiger partial charge in [0.25, 0.3) is 0 Å². The van der Waals surface area contributed by atoms with E-state index in [4.69, 9.17) is 14.3 Å². The maximum absolute atomic E-state index is 11.8. The first-order chi connectivity index (χ1) is 14.7. The number of aliphatic carboxylic acids is 1. The molecule has 0 bridgehead atoms. The average Bonchev–Trinajstić information content (AvgIpc) is 3.40. The van der Waals surface area contributed by atoms with Crippen molar-refractivity contribution in [3.05, 3.63) is 58.1 Å². The molecule has 0 aliphatic carbocycles. The zero-order valence-corrected chi connectivity index (χ0v) is 16.6. The summed E-state index contributed by atoms with van der Waals surface area (Å²) >= 11 is 1.63. The molecule has 12 heteroatoms. The summed E-state index contributed by atoms with van der Waals surface area (Å²) in [4.78, 5) is 31.7. The standard InChI is InChI=1S/C17H15N3O3S.C2HF3O2/c21-17(22)15-13-1-4-20(9-14-18-3-6-24-14)8-12(13)7-19-16(15)11-2-5-23-10-11;3-2(4,5)1(6)7/h2-3,5-7,10H,1,4,8-9H2,(H,21,22);(H,6,7). The van der Waals surface area contributed by atoms with Crippen molar-refractivity contribution in [3.8, 4) is 11.3 Å². The number of aromatic nitrogens is 2. The Hall–Kier alpha value is -3.25. The molecule has 0 saturated heterocycles. The first-order valence-corrected chi connectivity index (χ1v) is 9.72. The number of carbonyl (C=O) groups is 2. The number of nitrogens with zero attached hydrogens (tertiary/aromatic N) is 3. The van der Waals surface area contributed by atoms with Gasteiger partial charge in [0.1, 0.15) is 5.01 Å². The van der Waals surface area contributed by atoms with Gasteiger partial charge >= 0.3 is 18.1 Å². The van der Waals surface area contributed by atoms with Crippen LogP contribution in [0.2, 0.25) is 0 Å². The van der Waals surface area contributed by atoms with Gasteiger partial charge in [0.2, 0.25) is 0 Å². The highest BCUT2D eigenvalue weighted by Crippen LogP contribution is 2.30. The fraction of sp³-hybridized carbons (Fsp3) is 0.263. The molecule has 3 aromatic rings. The summed E-state index contributed by atoms with van der Waals surface area (Å²) in [6, 6.07) is 1.73. The van der Waals surface area contributed by atoms with Crippen molar-refractivity contribution in [2.75, 3.05) is 6.54 Å². The monoisotopic (exact) mass is 455 g/mol. The Morgan fingerprint density at radius 2 is 2.00 bits per heavy atom. The molecule has 0 radical (unpaired) electrons. The quantitative estimate of drug-likeness (QED) is 0.612. The molecule has 0 fully saturated rings. The van der Waals surface area contributed by atoms with Crippen molar-refractivity contribution in [2.24, 2.45) is 0 Å². The van der Waals surface area contributed by atoms with Gasteiger partial charge in [0.15, 0.2) is 0 Å². The van der Waals surface area contributed by atoms with Gasteiger partial charge in [-0.1, -0.05) is 0 Å². The lowest BCUT2D eigenvalue weighted by molar-refractivity contribution is -0.192. The summed E-state index contributed by atoms with van der Waals surface area (Å²) in [5.74, 6) is -3.70. The van der Waals surface area contributed by atoms with Crippen LogP contribution in [0.1, 0.15) is 26.5 Å². The van der Waals surface area contributed by atoms with Gasteiger partial charge in [-0.05, 0) is 23.6 Å². The summed E-state index contributed by atoms with van der Waals surface area (Å²) in [6.45, 7) is 2.28. The Balaban J connectivity index is 0.000000339. The number of furan rings is 1. The second-order valence-electron chi connectivity index (χ2n) is 6.49. The van der Waals surface area contributed by atoms with Gasteiger partial charge in [-0.3, -0.25) is 9.88 Å². The third-order valence-electron chi connectivity index (χ3n) is 4.44. The second-order valence-corrected chi connectivity index (χ2v) is 7.47. The number of thiazole rings is 1. The number of fused-ring (bicyclic) bond motifs is 1. The third kappa shape index (κ3) is 5.47. The number of hydrogen-bond acceptors (Lipinski definition) is 7. The van der Waals surface area contributed by atoms with E-state index in [1.807, 2.05) is 5.38 Å². The van der Waals surface area contributed by atoms with Crippen LogP contribution in [0.3, 0.4) is 0 Å². The minimum atomic E-state index is -5.08. The zero-order chi connectivity index (χ0) is 22.6. The van der Waals surface area contributed by atoms with E-state index in [0.717, 1.165) is 29.2 Å². The largest absolute Gasteiger partial charge is 0.490 e. The predicted molar refractivity (Wildman–Crippen MR) is 103 cm³/mol. The summed E-state index contributed by atoms with van der Waals surface area (Å²) in [7, 11) is 0. The Morgan fingerprint density at radius 1 is 1.26 bits per heavy atom. The second kappa shape index (κ2) is 9.27. The van der Waals surface area contributed by atoms with E-state index in [1.165, 1.54) is 12.5 Å². The molecular weight excluding hydrogens is 439 g/mol. The molecule has 0 saturated carbocycles. The van der Waals surface area contributed by atoms with Gasteiger partial charge in [0.05, 0.1) is 30.3 Å². The van der Waals surface area contributed by atoms with Crippen LogP contribution in [0.4, 0.5) is 13.2 Å². The van der Waals surface area contributed by atoms with Gasteiger partial charge in [0, 0.05) is 36.4 Å². The molecular formula is C19H16F3N3O5S. The number of hydrogen-bond donors (Lipinski definition) is 2. The number of pyridine rings is 1. The molecule has 4 heterocycles. The fourth-order valence-electron chi connectivity index (χ4n) is 3.11. The van der Waals surface area contributed by atoms with Crippen molar-refractivity contribution in [1.82, 2.24) is 14.9 Å². The molecule has 0 atom stereocenters. The number of carboxylic acids is 2. The topological polar surface area (TPSA) is 117 Å². The lowest BCUT2D eigenvalue weighted by atomic mass is 9.93. The Morgan fingerprint density at radius 3 is 2.55 bits per heavy atom. The van der Waals surface area contributed by atoms with Crippen LogP contribution in [-0.2, 0) is 24.3 Å². The molecule has 4 rings (SSSR count). The summed E-state index contributed by atoms with van der Waals surface area (Å²) in [5, 5.41) is 19.9. The van der Waals surface area contributed by atoms with Crippen LogP contribution >= 0.6 is 11.3 Å². The van der Waals surface area contributed by atoms with E-state index in [-0.39, 0.29) is 0 Å². The predicted octanol–water partition coefficient (Wildman–Crippen LogP) is 3.69. The molecule has 0 amide bonds. The number of rotatable bonds is 4. The molecule has 164 valence electrons. The summed E-state index contributed by atoms with van der Waals surface area (Å²) in [6.07, 6.45) is 2.25. The van der Waals surface area contributed by atoms with Gasteiger partial charge in [-0.2, -0.15) is 13.2 Å². The molecule has 0 spiro atoms. The van der Waals surface area contributed by atoms with E-state index in [9.17, 15) is 23.1 Å². The Labute approximate surface area is 177 Å². The first kappa shape index (κ1) is 22.4. The average molecular weight is 455 g/mol. The van der Waals surface area contributed by atoms with Crippen molar-refractivity contribution in [3.63, 3.8) is 0 Å². The van der Waals surface area contributed by atoms with E-state index in [0.29, 0.717) is 29.8 Å². The normalized spacial score (nSPS) is 13.8. The molecule has 0 aromatic carbocycles. The Kier molecular flexibility index (Phi) is 6.71. The molecule has 0 unspecified atom stereocenters. The maximum Gasteiger partial charge on any atom is 0.490 e. The van der Waals surface area contributed by atoms with Crippen LogP contribution < -0.4 is 0 Å². The van der Waals surface area contributed by atoms with Crippen LogP contribution in [0.5, 0.6) is 0 Å². The number of halogens is 3. The number of alkyl halides is 3. The summed E-state index contributed by atoms with van der Waals surface area (Å²) in [5.41, 5.74) is 3.32. The fourth-order valence-corrected chi connectivity index (χ4v) is 3.76. The highest BCUT2D eigenvalue weighted by atomic mass is 32.1. The van der Waals surface area contributed by atoms with Gasteiger partial charge in [-0.25, -0.2) is 14.6 Å². The van der Waals surface area contributed by atoms with Crippen LogP contribution in [0, 0.1) is 0 Å². The first-order valence-electron chi connectivity index (χ1n) is 8.84. The van der Waals surface area contributed by atoms with Gasteiger partial charge < -0.3 is 14.6 Å². The SMILES string of the molecule is O=C(O)C(F)(F)F.O=C(O)c1c(-c2ccoc2)ncc2c1CCN(Cc1nccs1)C2. The van der Waals surface area contributed by atoms with E-state index in [2.05, 4.69) is 14.9 Å². The van der Waals surface area contributed by atoms with Crippen molar-refractivity contribution < 1.29 is 37.4 Å². The highest BCUT2D eigenvalue weighted by Gasteiger charge is 2.38. The van der Waals surface area contributed by atoms with Gasteiger partial charge in [-0.15, -0.1) is 11.3 Å². The smallest absolute Gasteiger partial charge is 0.478 e. The molecule has 1 aliphatic rings. The Bertz CT molecular complexity index is 1050. The van der Waals surface area contributed by atoms with Crippen molar-refractivity contribution in [2.45, 2.75) is 25.7 Å². The van der Waals surface area contributed by atoms with Crippen LogP contribution in [-0.4, -0.2) is 49.7 Å². The summed E-state index contributed by atoms with van der Waals surface area (Å²) < 4.78 is 36.8. The molecule has 8 nitrogen and oxygen atoms in total. The maximum atomic E-state index is 11.8. The molecule has 3 aromatic heterocycles. The minimum Gasteiger partial charge on any atom is -0.478 e. The van der Waals surface area contributed by atoms with Crippen LogP contribution in [0.15, 0.2) is 40.8 Å². The van der Waals surface area contributed by atoms with Crippen LogP contribution in [0.25, 0.3) is 11.3 Å². The van der Waals surface area contributed by atoms with Crippen molar-refractivity contribution >= 4 is 23.3 Å². The van der Waals surface area contributed by atoms with Crippen molar-refractivity contribution in [1.29, 1.82) is 0 Å². The number of aromatic carboxylic acids is 1. The van der Waals surface area contributed by atoms with E-state index >= 15 is 0 Å². The number of carboxylic acid groups (broad SMARTS) is 2.